The predicted octanol–water partition coefficient (Wildman–Crippen LogP) is 1.05. The molecule has 0 amide bonds. The zero-order valence-corrected chi connectivity index (χ0v) is 7.95. The highest BCUT2D eigenvalue weighted by Gasteiger charge is 2.17. The van der Waals surface area contributed by atoms with Crippen LogP contribution in [0.3, 0.4) is 0 Å². The highest BCUT2D eigenvalue weighted by Crippen LogP contribution is 2.33. The number of fused-ring (bicyclic) bond motifs is 1. The maximum atomic E-state index is 9.21. The number of methoxy groups -OCH3 is 1. The van der Waals surface area contributed by atoms with Gasteiger partial charge in [-0.2, -0.15) is 0 Å². The molecule has 1 aliphatic rings. The fourth-order valence-electron chi connectivity index (χ4n) is 1.56. The molecule has 1 heterocycles. The molecule has 0 aromatic heterocycles. The molecule has 0 aliphatic carbocycles. The SMILES string of the molecule is COc1ccc2c(c1CO)COCO2. The van der Waals surface area contributed by atoms with Crippen LogP contribution >= 0.6 is 0 Å². The summed E-state index contributed by atoms with van der Waals surface area (Å²) >= 11 is 0. The molecule has 14 heavy (non-hydrogen) atoms. The predicted molar refractivity (Wildman–Crippen MR) is 49.2 cm³/mol. The number of aliphatic hydroxyl groups excluding tert-OH is 1. The van der Waals surface area contributed by atoms with Gasteiger partial charge in [-0.05, 0) is 12.1 Å². The highest BCUT2D eigenvalue weighted by atomic mass is 16.7. The van der Waals surface area contributed by atoms with Crippen LogP contribution in [-0.2, 0) is 18.0 Å². The van der Waals surface area contributed by atoms with Crippen molar-refractivity contribution in [2.24, 2.45) is 0 Å². The molecule has 2 rings (SSSR count). The molecule has 1 N–H and O–H groups in total. The number of benzene rings is 1. The summed E-state index contributed by atoms with van der Waals surface area (Å²) in [5, 5.41) is 9.21. The number of hydrogen-bond acceptors (Lipinski definition) is 4. The Labute approximate surface area is 82.0 Å². The van der Waals surface area contributed by atoms with Crippen molar-refractivity contribution < 1.29 is 19.3 Å². The van der Waals surface area contributed by atoms with Gasteiger partial charge in [0, 0.05) is 11.1 Å². The summed E-state index contributed by atoms with van der Waals surface area (Å²) in [5.41, 5.74) is 1.61. The Hall–Kier alpha value is -1.26. The van der Waals surface area contributed by atoms with Crippen LogP contribution < -0.4 is 9.47 Å². The largest absolute Gasteiger partial charge is 0.496 e. The summed E-state index contributed by atoms with van der Waals surface area (Å²) in [7, 11) is 1.57. The van der Waals surface area contributed by atoms with Crippen LogP contribution in [0.15, 0.2) is 12.1 Å². The molecule has 0 unspecified atom stereocenters. The van der Waals surface area contributed by atoms with Crippen molar-refractivity contribution in [1.29, 1.82) is 0 Å². The third kappa shape index (κ3) is 1.42. The summed E-state index contributed by atoms with van der Waals surface area (Å²) < 4.78 is 15.6. The second-order valence-electron chi connectivity index (χ2n) is 2.99. The van der Waals surface area contributed by atoms with Crippen molar-refractivity contribution in [3.63, 3.8) is 0 Å². The zero-order valence-electron chi connectivity index (χ0n) is 7.95. The second-order valence-corrected chi connectivity index (χ2v) is 2.99. The van der Waals surface area contributed by atoms with Crippen LogP contribution in [0, 0.1) is 0 Å². The monoisotopic (exact) mass is 196 g/mol. The summed E-state index contributed by atoms with van der Waals surface area (Å²) in [5.74, 6) is 1.43. The average molecular weight is 196 g/mol. The lowest BCUT2D eigenvalue weighted by Gasteiger charge is -2.21. The molecule has 0 spiro atoms. The molecule has 1 aliphatic heterocycles. The minimum Gasteiger partial charge on any atom is -0.496 e. The van der Waals surface area contributed by atoms with E-state index in [0.29, 0.717) is 12.4 Å². The summed E-state index contributed by atoms with van der Waals surface area (Å²) in [4.78, 5) is 0. The van der Waals surface area contributed by atoms with Crippen LogP contribution in [0.1, 0.15) is 11.1 Å². The first-order chi connectivity index (χ1) is 6.86. The van der Waals surface area contributed by atoms with Crippen LogP contribution in [0.5, 0.6) is 11.5 Å². The maximum absolute atomic E-state index is 9.21. The summed E-state index contributed by atoms with van der Waals surface area (Å²) in [6, 6.07) is 3.62. The number of ether oxygens (including phenoxy) is 3. The second kappa shape index (κ2) is 3.86. The van der Waals surface area contributed by atoms with Gasteiger partial charge in [-0.15, -0.1) is 0 Å². The van der Waals surface area contributed by atoms with Crippen molar-refractivity contribution in [3.05, 3.63) is 23.3 Å². The van der Waals surface area contributed by atoms with E-state index in [1.165, 1.54) is 0 Å². The number of hydrogen-bond donors (Lipinski definition) is 1. The standard InChI is InChI=1S/C10H12O4/c1-12-9-2-3-10-8(7(9)4-11)5-13-6-14-10/h2-3,11H,4-6H2,1H3. The van der Waals surface area contributed by atoms with Gasteiger partial charge in [-0.1, -0.05) is 0 Å². The van der Waals surface area contributed by atoms with E-state index < -0.39 is 0 Å². The molecule has 0 radical (unpaired) electrons. The Morgan fingerprint density at radius 2 is 2.36 bits per heavy atom. The van der Waals surface area contributed by atoms with Gasteiger partial charge < -0.3 is 19.3 Å². The van der Waals surface area contributed by atoms with Crippen LogP contribution in [0.2, 0.25) is 0 Å². The molecule has 76 valence electrons. The molecule has 0 saturated heterocycles. The van der Waals surface area contributed by atoms with Gasteiger partial charge in [0.1, 0.15) is 11.5 Å². The molecule has 1 aromatic rings. The van der Waals surface area contributed by atoms with Crippen molar-refractivity contribution >= 4 is 0 Å². The highest BCUT2D eigenvalue weighted by molar-refractivity contribution is 5.48. The quantitative estimate of drug-likeness (QED) is 0.768. The van der Waals surface area contributed by atoms with Gasteiger partial charge in [0.15, 0.2) is 6.79 Å². The smallest absolute Gasteiger partial charge is 0.189 e. The fraction of sp³-hybridized carbons (Fsp3) is 0.400. The lowest BCUT2D eigenvalue weighted by molar-refractivity contribution is -0.0175. The van der Waals surface area contributed by atoms with Crippen molar-refractivity contribution in [2.75, 3.05) is 13.9 Å². The Kier molecular flexibility index (Phi) is 2.56. The fourth-order valence-corrected chi connectivity index (χ4v) is 1.56. The first kappa shape index (κ1) is 9.30. The lowest BCUT2D eigenvalue weighted by atomic mass is 10.1. The van der Waals surface area contributed by atoms with E-state index in [0.717, 1.165) is 16.9 Å². The van der Waals surface area contributed by atoms with E-state index in [2.05, 4.69) is 0 Å². The van der Waals surface area contributed by atoms with Crippen molar-refractivity contribution in [1.82, 2.24) is 0 Å². The number of aliphatic hydroxyl groups is 1. The summed E-state index contributed by atoms with van der Waals surface area (Å²) in [6.07, 6.45) is 0. The van der Waals surface area contributed by atoms with Gasteiger partial charge in [-0.3, -0.25) is 0 Å². The van der Waals surface area contributed by atoms with Crippen LogP contribution in [0.25, 0.3) is 0 Å². The van der Waals surface area contributed by atoms with E-state index >= 15 is 0 Å². The normalized spacial score (nSPS) is 14.4. The third-order valence-corrected chi connectivity index (χ3v) is 2.27. The Morgan fingerprint density at radius 1 is 1.50 bits per heavy atom. The molecule has 4 heteroatoms. The molecule has 0 bridgehead atoms. The minimum absolute atomic E-state index is 0.0704. The minimum atomic E-state index is -0.0704. The van der Waals surface area contributed by atoms with E-state index in [9.17, 15) is 5.11 Å². The van der Waals surface area contributed by atoms with E-state index in [1.807, 2.05) is 6.07 Å². The Balaban J connectivity index is 2.50. The van der Waals surface area contributed by atoms with Gasteiger partial charge >= 0.3 is 0 Å². The lowest BCUT2D eigenvalue weighted by Crippen LogP contribution is -2.13. The Morgan fingerprint density at radius 3 is 3.07 bits per heavy atom. The van der Waals surface area contributed by atoms with E-state index in [1.54, 1.807) is 13.2 Å². The molecule has 0 saturated carbocycles. The van der Waals surface area contributed by atoms with Gasteiger partial charge in [0.2, 0.25) is 0 Å². The Bertz CT molecular complexity index is 320. The topological polar surface area (TPSA) is 47.9 Å². The molecular weight excluding hydrogens is 184 g/mol. The van der Waals surface area contributed by atoms with Gasteiger partial charge in [0.25, 0.3) is 0 Å². The molecule has 1 aromatic carbocycles. The maximum Gasteiger partial charge on any atom is 0.189 e. The summed E-state index contributed by atoms with van der Waals surface area (Å²) in [6.45, 7) is 0.658. The van der Waals surface area contributed by atoms with Crippen molar-refractivity contribution in [2.45, 2.75) is 13.2 Å². The van der Waals surface area contributed by atoms with E-state index in [-0.39, 0.29) is 13.4 Å². The first-order valence-electron chi connectivity index (χ1n) is 4.37. The number of rotatable bonds is 2. The van der Waals surface area contributed by atoms with Crippen LogP contribution in [-0.4, -0.2) is 19.0 Å². The zero-order chi connectivity index (χ0) is 9.97. The van der Waals surface area contributed by atoms with Gasteiger partial charge in [0.05, 0.1) is 20.3 Å². The molecule has 4 nitrogen and oxygen atoms in total. The van der Waals surface area contributed by atoms with Crippen LogP contribution in [0.4, 0.5) is 0 Å². The molecule has 0 atom stereocenters. The van der Waals surface area contributed by atoms with Gasteiger partial charge in [-0.25, -0.2) is 0 Å². The van der Waals surface area contributed by atoms with Crippen molar-refractivity contribution in [3.8, 4) is 11.5 Å². The third-order valence-electron chi connectivity index (χ3n) is 2.27. The molecule has 0 fully saturated rings. The average Bonchev–Trinajstić information content (AvgIpc) is 2.27. The first-order valence-corrected chi connectivity index (χ1v) is 4.37. The molecular formula is C10H12O4. The van der Waals surface area contributed by atoms with E-state index in [4.69, 9.17) is 14.2 Å².